The summed E-state index contributed by atoms with van der Waals surface area (Å²) in [7, 11) is 1.22. The summed E-state index contributed by atoms with van der Waals surface area (Å²) < 4.78 is 9.15. The molecule has 1 N–H and O–H groups in total. The van der Waals surface area contributed by atoms with Crippen LogP contribution in [0.2, 0.25) is 0 Å². The van der Waals surface area contributed by atoms with Crippen LogP contribution in [0.4, 0.5) is 0 Å². The zero-order valence-electron chi connectivity index (χ0n) is 12.5. The first-order valence-electron chi connectivity index (χ1n) is 7.21. The number of unbranched alkanes of at least 4 members (excludes halogenated alkanes) is 5. The number of aliphatic hydroxyl groups is 1. The number of aliphatic hydroxyl groups excluding tert-OH is 1. The van der Waals surface area contributed by atoms with Crippen molar-refractivity contribution in [3.05, 3.63) is 12.2 Å². The van der Waals surface area contributed by atoms with Crippen molar-refractivity contribution < 1.29 is 24.2 Å². The molecule has 0 saturated heterocycles. The summed E-state index contributed by atoms with van der Waals surface area (Å²) in [5, 5.41) is 9.63. The Morgan fingerprint density at radius 3 is 2.30 bits per heavy atom. The minimum atomic E-state index is -0.655. The van der Waals surface area contributed by atoms with Gasteiger partial charge in [-0.3, -0.25) is 0 Å². The van der Waals surface area contributed by atoms with Gasteiger partial charge in [0.05, 0.1) is 13.2 Å². The zero-order valence-corrected chi connectivity index (χ0v) is 12.5. The number of hydrogen-bond donors (Lipinski definition) is 1. The quantitative estimate of drug-likeness (QED) is 0.358. The van der Waals surface area contributed by atoms with E-state index in [1.54, 1.807) is 0 Å². The lowest BCUT2D eigenvalue weighted by atomic mass is 10.1. The third-order valence-electron chi connectivity index (χ3n) is 2.87. The molecule has 0 rings (SSSR count). The van der Waals surface area contributed by atoms with Crippen molar-refractivity contribution in [2.75, 3.05) is 13.7 Å². The summed E-state index contributed by atoms with van der Waals surface area (Å²) in [5.41, 5.74) is 0. The summed E-state index contributed by atoms with van der Waals surface area (Å²) in [6.07, 6.45) is 8.88. The van der Waals surface area contributed by atoms with Crippen LogP contribution in [0, 0.1) is 0 Å². The molecular formula is C15H26O5. The number of carbonyl (C=O) groups excluding carboxylic acids is 2. The Bertz CT molecular complexity index is 299. The van der Waals surface area contributed by atoms with Gasteiger partial charge in [0.1, 0.15) is 6.61 Å². The van der Waals surface area contributed by atoms with E-state index in [9.17, 15) is 14.7 Å². The van der Waals surface area contributed by atoms with E-state index in [0.717, 1.165) is 25.0 Å². The van der Waals surface area contributed by atoms with E-state index < -0.39 is 18.0 Å². The fourth-order valence-electron chi connectivity index (χ4n) is 1.67. The Balaban J connectivity index is 3.57. The van der Waals surface area contributed by atoms with Gasteiger partial charge in [0.15, 0.2) is 0 Å². The van der Waals surface area contributed by atoms with E-state index in [1.165, 1.54) is 32.8 Å². The summed E-state index contributed by atoms with van der Waals surface area (Å²) in [6.45, 7) is 2.13. The standard InChI is InChI=1S/C15H26O5/c1-3-4-5-6-7-8-9-13(16)12-20-15(18)11-10-14(17)19-2/h10-11,13,16H,3-9,12H2,1-2H3/b11-10+. The van der Waals surface area contributed by atoms with Gasteiger partial charge in [-0.15, -0.1) is 0 Å². The van der Waals surface area contributed by atoms with Gasteiger partial charge >= 0.3 is 11.9 Å². The summed E-state index contributed by atoms with van der Waals surface area (Å²) in [4.78, 5) is 21.9. The monoisotopic (exact) mass is 286 g/mol. The Morgan fingerprint density at radius 1 is 1.05 bits per heavy atom. The average Bonchev–Trinajstić information content (AvgIpc) is 2.46. The van der Waals surface area contributed by atoms with Crippen molar-refractivity contribution >= 4 is 11.9 Å². The third-order valence-corrected chi connectivity index (χ3v) is 2.87. The van der Waals surface area contributed by atoms with Crippen molar-refractivity contribution in [1.82, 2.24) is 0 Å². The van der Waals surface area contributed by atoms with Crippen LogP contribution in [-0.4, -0.2) is 36.9 Å². The van der Waals surface area contributed by atoms with Crippen molar-refractivity contribution in [2.24, 2.45) is 0 Å². The maximum absolute atomic E-state index is 11.2. The van der Waals surface area contributed by atoms with Crippen LogP contribution >= 0.6 is 0 Å². The lowest BCUT2D eigenvalue weighted by Gasteiger charge is -2.10. The molecule has 116 valence electrons. The predicted octanol–water partition coefficient (Wildman–Crippen LogP) is 2.37. The second-order valence-electron chi connectivity index (χ2n) is 4.70. The van der Waals surface area contributed by atoms with Gasteiger partial charge in [0.25, 0.3) is 0 Å². The number of carbonyl (C=O) groups is 2. The molecule has 0 radical (unpaired) electrons. The number of ether oxygens (including phenoxy) is 2. The van der Waals surface area contributed by atoms with Crippen LogP contribution < -0.4 is 0 Å². The SMILES string of the molecule is CCCCCCCCC(O)COC(=O)/C=C/C(=O)OC. The number of methoxy groups -OCH3 is 1. The molecule has 0 aromatic rings. The zero-order chi connectivity index (χ0) is 15.2. The Kier molecular flexibility index (Phi) is 11.8. The van der Waals surface area contributed by atoms with Crippen molar-refractivity contribution in [3.8, 4) is 0 Å². The Hall–Kier alpha value is -1.36. The molecular weight excluding hydrogens is 260 g/mol. The van der Waals surface area contributed by atoms with Crippen molar-refractivity contribution in [2.45, 2.75) is 58.0 Å². The van der Waals surface area contributed by atoms with Gasteiger partial charge in [0.2, 0.25) is 0 Å². The van der Waals surface area contributed by atoms with Crippen LogP contribution in [0.25, 0.3) is 0 Å². The molecule has 0 aromatic heterocycles. The number of rotatable bonds is 11. The molecule has 0 amide bonds. The highest BCUT2D eigenvalue weighted by Crippen LogP contribution is 2.08. The topological polar surface area (TPSA) is 72.8 Å². The van der Waals surface area contributed by atoms with Crippen LogP contribution in [0.5, 0.6) is 0 Å². The van der Waals surface area contributed by atoms with E-state index in [1.807, 2.05) is 0 Å². The third kappa shape index (κ3) is 11.7. The molecule has 0 spiro atoms. The molecule has 0 bridgehead atoms. The van der Waals surface area contributed by atoms with E-state index in [2.05, 4.69) is 11.7 Å². The molecule has 0 aliphatic carbocycles. The second-order valence-corrected chi connectivity index (χ2v) is 4.70. The number of hydrogen-bond acceptors (Lipinski definition) is 5. The molecule has 5 nitrogen and oxygen atoms in total. The highest BCUT2D eigenvalue weighted by molar-refractivity contribution is 5.91. The van der Waals surface area contributed by atoms with Gasteiger partial charge in [-0.25, -0.2) is 9.59 Å². The van der Waals surface area contributed by atoms with E-state index in [4.69, 9.17) is 4.74 Å². The minimum Gasteiger partial charge on any atom is -0.466 e. The Morgan fingerprint density at radius 2 is 1.65 bits per heavy atom. The normalized spacial score (nSPS) is 12.3. The first kappa shape index (κ1) is 18.6. The largest absolute Gasteiger partial charge is 0.466 e. The second kappa shape index (κ2) is 12.7. The van der Waals surface area contributed by atoms with Gasteiger partial charge in [0, 0.05) is 12.2 Å². The molecule has 0 aliphatic rings. The first-order chi connectivity index (χ1) is 9.60. The molecule has 0 aromatic carbocycles. The van der Waals surface area contributed by atoms with E-state index in [0.29, 0.717) is 6.42 Å². The van der Waals surface area contributed by atoms with E-state index in [-0.39, 0.29) is 6.61 Å². The van der Waals surface area contributed by atoms with Gasteiger partial charge in [-0.1, -0.05) is 45.4 Å². The fourth-order valence-corrected chi connectivity index (χ4v) is 1.67. The highest BCUT2D eigenvalue weighted by atomic mass is 16.5. The lowest BCUT2D eigenvalue weighted by molar-refractivity contribution is -0.141. The molecule has 1 unspecified atom stereocenters. The Labute approximate surface area is 121 Å². The maximum atomic E-state index is 11.2. The molecule has 1 atom stereocenters. The molecule has 0 fully saturated rings. The van der Waals surface area contributed by atoms with Gasteiger partial charge in [-0.2, -0.15) is 0 Å². The van der Waals surface area contributed by atoms with Crippen LogP contribution in [0.3, 0.4) is 0 Å². The maximum Gasteiger partial charge on any atom is 0.331 e. The summed E-state index contributed by atoms with van der Waals surface area (Å²) >= 11 is 0. The first-order valence-corrected chi connectivity index (χ1v) is 7.21. The molecule has 5 heteroatoms. The smallest absolute Gasteiger partial charge is 0.331 e. The van der Waals surface area contributed by atoms with Crippen LogP contribution in [0.1, 0.15) is 51.9 Å². The highest BCUT2D eigenvalue weighted by Gasteiger charge is 2.07. The minimum absolute atomic E-state index is 0.0424. The van der Waals surface area contributed by atoms with Gasteiger partial charge < -0.3 is 14.6 Å². The summed E-state index contributed by atoms with van der Waals surface area (Å²) in [5.74, 6) is -1.27. The molecule has 0 aliphatic heterocycles. The summed E-state index contributed by atoms with van der Waals surface area (Å²) in [6, 6.07) is 0. The predicted molar refractivity (Wildman–Crippen MR) is 76.1 cm³/mol. The van der Waals surface area contributed by atoms with Crippen molar-refractivity contribution in [1.29, 1.82) is 0 Å². The van der Waals surface area contributed by atoms with Gasteiger partial charge in [-0.05, 0) is 6.42 Å². The van der Waals surface area contributed by atoms with E-state index >= 15 is 0 Å². The molecule has 0 saturated carbocycles. The molecule has 0 heterocycles. The molecule has 20 heavy (non-hydrogen) atoms. The average molecular weight is 286 g/mol. The fraction of sp³-hybridized carbons (Fsp3) is 0.733. The number of esters is 2. The van der Waals surface area contributed by atoms with Crippen molar-refractivity contribution in [3.63, 3.8) is 0 Å². The van der Waals surface area contributed by atoms with Crippen LogP contribution in [0.15, 0.2) is 12.2 Å². The van der Waals surface area contributed by atoms with Crippen LogP contribution in [-0.2, 0) is 19.1 Å². The lowest BCUT2D eigenvalue weighted by Crippen LogP contribution is -2.17.